The van der Waals surface area contributed by atoms with E-state index in [1.54, 1.807) is 7.11 Å². The Hall–Kier alpha value is -0.860. The van der Waals surface area contributed by atoms with Crippen LogP contribution in [0.1, 0.15) is 11.6 Å². The molecule has 2 nitrogen and oxygen atoms in total. The summed E-state index contributed by atoms with van der Waals surface area (Å²) in [6.07, 6.45) is 0. The first kappa shape index (κ1) is 8.24. The van der Waals surface area contributed by atoms with Gasteiger partial charge in [-0.25, -0.2) is 5.73 Å². The van der Waals surface area contributed by atoms with Crippen LogP contribution in [0.25, 0.3) is 0 Å². The highest BCUT2D eigenvalue weighted by molar-refractivity contribution is 5.18. The highest BCUT2D eigenvalue weighted by Gasteiger charge is 2.03. The Bertz CT molecular complexity index is 198. The van der Waals surface area contributed by atoms with Gasteiger partial charge in [-0.05, 0) is 5.56 Å². The van der Waals surface area contributed by atoms with Crippen molar-refractivity contribution in [1.82, 2.24) is 5.73 Å². The van der Waals surface area contributed by atoms with E-state index in [-0.39, 0.29) is 6.04 Å². The summed E-state index contributed by atoms with van der Waals surface area (Å²) >= 11 is 0. The molecule has 0 spiro atoms. The minimum absolute atomic E-state index is 0.249. The highest BCUT2D eigenvalue weighted by Crippen LogP contribution is 2.10. The lowest BCUT2D eigenvalue weighted by Gasteiger charge is -2.08. The van der Waals surface area contributed by atoms with Crippen LogP contribution in [0.5, 0.6) is 0 Å². The molecule has 1 atom stereocenters. The molecule has 0 aliphatic heterocycles. The van der Waals surface area contributed by atoms with E-state index in [0.29, 0.717) is 6.61 Å². The average molecular weight is 150 g/mol. The van der Waals surface area contributed by atoms with Crippen LogP contribution in [-0.4, -0.2) is 13.7 Å². The maximum atomic E-state index is 7.59. The number of nitrogens with one attached hydrogen (secondary N) is 1. The summed E-state index contributed by atoms with van der Waals surface area (Å²) in [5.74, 6) is 0. The lowest BCUT2D eigenvalue weighted by Crippen LogP contribution is -2.06. The summed E-state index contributed by atoms with van der Waals surface area (Å²) < 4.78 is 4.87. The Morgan fingerprint density at radius 3 is 2.55 bits per heavy atom. The molecule has 0 bridgehead atoms. The maximum absolute atomic E-state index is 7.59. The van der Waals surface area contributed by atoms with Gasteiger partial charge in [0, 0.05) is 7.11 Å². The number of hydrogen-bond donors (Lipinski definition) is 0. The van der Waals surface area contributed by atoms with E-state index in [1.165, 1.54) is 0 Å². The van der Waals surface area contributed by atoms with E-state index in [0.717, 1.165) is 5.56 Å². The summed E-state index contributed by atoms with van der Waals surface area (Å²) in [5.41, 5.74) is 8.60. The van der Waals surface area contributed by atoms with Gasteiger partial charge in [-0.1, -0.05) is 30.3 Å². The molecule has 1 unspecified atom stereocenters. The Balaban J connectivity index is 2.61. The first-order chi connectivity index (χ1) is 5.34. The van der Waals surface area contributed by atoms with E-state index in [4.69, 9.17) is 10.5 Å². The summed E-state index contributed by atoms with van der Waals surface area (Å²) in [6, 6.07) is 9.45. The van der Waals surface area contributed by atoms with Crippen LogP contribution >= 0.6 is 0 Å². The highest BCUT2D eigenvalue weighted by atomic mass is 16.5. The van der Waals surface area contributed by atoms with Crippen LogP contribution in [-0.2, 0) is 4.74 Å². The zero-order valence-electron chi connectivity index (χ0n) is 6.58. The summed E-state index contributed by atoms with van der Waals surface area (Å²) in [5, 5.41) is 0. The molecule has 0 aliphatic rings. The van der Waals surface area contributed by atoms with Gasteiger partial charge in [0.2, 0.25) is 0 Å². The standard InChI is InChI=1S/C9H12NO/c1-11-7-9(10)8-5-3-2-4-6-8/h2-6,9-10H,7H2,1H3. The maximum Gasteiger partial charge on any atom is 0.0696 e. The fourth-order valence-electron chi connectivity index (χ4n) is 0.948. The fourth-order valence-corrected chi connectivity index (χ4v) is 0.948. The predicted octanol–water partition coefficient (Wildman–Crippen LogP) is 1.66. The zero-order valence-corrected chi connectivity index (χ0v) is 6.58. The first-order valence-electron chi connectivity index (χ1n) is 3.59. The molecule has 2 heteroatoms. The molecule has 1 N–H and O–H groups in total. The molecule has 11 heavy (non-hydrogen) atoms. The van der Waals surface area contributed by atoms with E-state index in [2.05, 4.69) is 0 Å². The lowest BCUT2D eigenvalue weighted by molar-refractivity contribution is 0.178. The van der Waals surface area contributed by atoms with Gasteiger partial charge >= 0.3 is 0 Å². The van der Waals surface area contributed by atoms with Crippen molar-refractivity contribution in [3.8, 4) is 0 Å². The van der Waals surface area contributed by atoms with E-state index < -0.39 is 0 Å². The second-order valence-corrected chi connectivity index (χ2v) is 2.42. The van der Waals surface area contributed by atoms with Crippen LogP contribution in [0.15, 0.2) is 30.3 Å². The van der Waals surface area contributed by atoms with Crippen LogP contribution in [0.3, 0.4) is 0 Å². The third-order valence-corrected chi connectivity index (χ3v) is 1.54. The van der Waals surface area contributed by atoms with Gasteiger partial charge in [0.15, 0.2) is 0 Å². The Morgan fingerprint density at radius 2 is 2.00 bits per heavy atom. The Morgan fingerprint density at radius 1 is 1.36 bits per heavy atom. The average Bonchev–Trinajstić information content (AvgIpc) is 2.07. The summed E-state index contributed by atoms with van der Waals surface area (Å²) in [6.45, 7) is 0.462. The van der Waals surface area contributed by atoms with Crippen molar-refractivity contribution in [1.29, 1.82) is 0 Å². The van der Waals surface area contributed by atoms with Crippen LogP contribution < -0.4 is 5.73 Å². The van der Waals surface area contributed by atoms with Gasteiger partial charge in [0.1, 0.15) is 0 Å². The molecule has 0 fully saturated rings. The molecule has 1 radical (unpaired) electrons. The first-order valence-corrected chi connectivity index (χ1v) is 3.59. The van der Waals surface area contributed by atoms with Gasteiger partial charge in [0.05, 0.1) is 12.6 Å². The van der Waals surface area contributed by atoms with Gasteiger partial charge in [-0.3, -0.25) is 0 Å². The zero-order chi connectivity index (χ0) is 8.10. The molecule has 1 aromatic carbocycles. The van der Waals surface area contributed by atoms with Gasteiger partial charge in [-0.2, -0.15) is 0 Å². The van der Waals surface area contributed by atoms with Crippen molar-refractivity contribution in [2.24, 2.45) is 0 Å². The molecular weight excluding hydrogens is 138 g/mol. The van der Waals surface area contributed by atoms with E-state index in [9.17, 15) is 0 Å². The molecule has 59 valence electrons. The Labute approximate surface area is 67.0 Å². The van der Waals surface area contributed by atoms with E-state index in [1.807, 2.05) is 30.3 Å². The number of hydrogen-bond acceptors (Lipinski definition) is 1. The normalized spacial score (nSPS) is 12.9. The topological polar surface area (TPSA) is 33.0 Å². The molecule has 0 saturated carbocycles. The van der Waals surface area contributed by atoms with Crippen molar-refractivity contribution in [2.75, 3.05) is 13.7 Å². The van der Waals surface area contributed by atoms with Crippen LogP contribution in [0.2, 0.25) is 0 Å². The quantitative estimate of drug-likeness (QED) is 0.645. The van der Waals surface area contributed by atoms with Crippen molar-refractivity contribution in [2.45, 2.75) is 6.04 Å². The van der Waals surface area contributed by atoms with Crippen molar-refractivity contribution in [3.05, 3.63) is 35.9 Å². The van der Waals surface area contributed by atoms with Gasteiger partial charge in [-0.15, -0.1) is 0 Å². The molecule has 0 saturated heterocycles. The predicted molar refractivity (Wildman–Crippen MR) is 44.2 cm³/mol. The van der Waals surface area contributed by atoms with Crippen molar-refractivity contribution >= 4 is 0 Å². The number of ether oxygens (including phenoxy) is 1. The molecule has 0 aromatic heterocycles. The largest absolute Gasteiger partial charge is 0.383 e. The fraction of sp³-hybridized carbons (Fsp3) is 0.333. The van der Waals surface area contributed by atoms with Crippen LogP contribution in [0.4, 0.5) is 0 Å². The molecule has 1 aromatic rings. The monoisotopic (exact) mass is 150 g/mol. The minimum Gasteiger partial charge on any atom is -0.383 e. The minimum atomic E-state index is -0.249. The molecule has 0 aliphatic carbocycles. The van der Waals surface area contributed by atoms with Gasteiger partial charge < -0.3 is 4.74 Å². The second kappa shape index (κ2) is 4.11. The summed E-state index contributed by atoms with van der Waals surface area (Å²) in [7, 11) is 1.62. The second-order valence-electron chi connectivity index (χ2n) is 2.42. The third-order valence-electron chi connectivity index (χ3n) is 1.54. The number of benzene rings is 1. The van der Waals surface area contributed by atoms with Crippen molar-refractivity contribution < 1.29 is 4.74 Å². The van der Waals surface area contributed by atoms with Crippen LogP contribution in [0, 0.1) is 0 Å². The van der Waals surface area contributed by atoms with Gasteiger partial charge in [0.25, 0.3) is 0 Å². The molecule has 0 heterocycles. The molecular formula is C9H12NO. The smallest absolute Gasteiger partial charge is 0.0696 e. The summed E-state index contributed by atoms with van der Waals surface area (Å²) in [4.78, 5) is 0. The molecule has 1 rings (SSSR count). The van der Waals surface area contributed by atoms with Crippen molar-refractivity contribution in [3.63, 3.8) is 0 Å². The SMILES string of the molecule is COCC([NH])c1ccccc1. The van der Waals surface area contributed by atoms with E-state index >= 15 is 0 Å². The Kier molecular flexibility index (Phi) is 3.08. The lowest BCUT2D eigenvalue weighted by atomic mass is 10.1. The molecule has 0 amide bonds. The third kappa shape index (κ3) is 2.33. The number of methoxy groups -OCH3 is 1. The number of rotatable bonds is 3.